The van der Waals surface area contributed by atoms with Gasteiger partial charge in [0, 0.05) is 18.0 Å². The normalized spacial score (nSPS) is 13.1. The Morgan fingerprint density at radius 1 is 1.40 bits per heavy atom. The lowest BCUT2D eigenvalue weighted by Crippen LogP contribution is -2.19. The molecular weight excluding hydrogens is 254 g/mol. The molecule has 0 spiro atoms. The molecule has 1 rings (SSSR count). The minimum absolute atomic E-state index is 0.0552. The Hall–Kier alpha value is -1.55. The minimum atomic E-state index is -0.830. The summed E-state index contributed by atoms with van der Waals surface area (Å²) in [4.78, 5) is 10.7. The van der Waals surface area contributed by atoms with Crippen LogP contribution < -0.4 is 10.5 Å². The van der Waals surface area contributed by atoms with Gasteiger partial charge < -0.3 is 15.6 Å². The highest BCUT2D eigenvalue weighted by atomic mass is 16.5. The lowest BCUT2D eigenvalue weighted by atomic mass is 9.82. The van der Waals surface area contributed by atoms with Gasteiger partial charge in [0.2, 0.25) is 0 Å². The van der Waals surface area contributed by atoms with Crippen molar-refractivity contribution in [3.05, 3.63) is 28.8 Å². The largest absolute Gasteiger partial charge is 0.496 e. The maximum atomic E-state index is 10.7. The molecule has 0 amide bonds. The van der Waals surface area contributed by atoms with Gasteiger partial charge >= 0.3 is 5.97 Å². The van der Waals surface area contributed by atoms with Crippen LogP contribution in [0.3, 0.4) is 0 Å². The topological polar surface area (TPSA) is 72.5 Å². The Morgan fingerprint density at radius 3 is 2.45 bits per heavy atom. The molecule has 0 aliphatic heterocycles. The van der Waals surface area contributed by atoms with Crippen molar-refractivity contribution in [3.8, 4) is 5.75 Å². The number of hydrogen-bond acceptors (Lipinski definition) is 3. The van der Waals surface area contributed by atoms with Gasteiger partial charge in [0.05, 0.1) is 7.11 Å². The maximum absolute atomic E-state index is 10.7. The molecule has 0 aromatic heterocycles. The van der Waals surface area contributed by atoms with E-state index < -0.39 is 5.97 Å². The summed E-state index contributed by atoms with van der Waals surface area (Å²) in [6.07, 6.45) is 0.462. The van der Waals surface area contributed by atoms with Crippen LogP contribution in [0.4, 0.5) is 0 Å². The van der Waals surface area contributed by atoms with Crippen LogP contribution in [0.5, 0.6) is 5.75 Å². The first-order chi connectivity index (χ1) is 9.18. The highest BCUT2D eigenvalue weighted by molar-refractivity contribution is 5.66. The number of ether oxygens (including phenoxy) is 1. The average molecular weight is 279 g/mol. The third-order valence-corrected chi connectivity index (χ3v) is 3.47. The number of hydrogen-bond donors (Lipinski definition) is 2. The van der Waals surface area contributed by atoms with Crippen LogP contribution in [-0.4, -0.2) is 18.2 Å². The maximum Gasteiger partial charge on any atom is 0.303 e. The molecule has 20 heavy (non-hydrogen) atoms. The Morgan fingerprint density at radius 2 is 2.00 bits per heavy atom. The Bertz CT molecular complexity index is 489. The van der Waals surface area contributed by atoms with Crippen LogP contribution in [0.25, 0.3) is 0 Å². The van der Waals surface area contributed by atoms with E-state index in [1.807, 2.05) is 13.0 Å². The molecule has 0 bridgehead atoms. The predicted molar refractivity (Wildman–Crippen MR) is 80.2 cm³/mol. The molecule has 3 N–H and O–H groups in total. The molecule has 0 aliphatic carbocycles. The standard InChI is InChI=1S/C16H25NO3/c1-10-6-7-11(16(2,3)4)15(20-5)14(10)12(17)8-9-13(18)19/h6-7,12H,8-9,17H2,1-5H3,(H,18,19). The zero-order valence-electron chi connectivity index (χ0n) is 13.0. The summed E-state index contributed by atoms with van der Waals surface area (Å²) in [5.74, 6) is -0.0422. The third kappa shape index (κ3) is 3.73. The number of aryl methyl sites for hydroxylation is 1. The van der Waals surface area contributed by atoms with E-state index in [1.54, 1.807) is 7.11 Å². The summed E-state index contributed by atoms with van der Waals surface area (Å²) >= 11 is 0. The molecule has 0 heterocycles. The summed E-state index contributed by atoms with van der Waals surface area (Å²) in [5.41, 5.74) is 9.18. The molecular formula is C16H25NO3. The van der Waals surface area contributed by atoms with Gasteiger partial charge in [-0.15, -0.1) is 0 Å². The number of rotatable bonds is 5. The number of carbonyl (C=O) groups is 1. The van der Waals surface area contributed by atoms with Crippen molar-refractivity contribution in [3.63, 3.8) is 0 Å². The molecule has 0 saturated carbocycles. The number of aliphatic carboxylic acids is 1. The van der Waals surface area contributed by atoms with Crippen LogP contribution in [-0.2, 0) is 10.2 Å². The minimum Gasteiger partial charge on any atom is -0.496 e. The second-order valence-corrected chi connectivity index (χ2v) is 6.17. The molecule has 1 aromatic rings. The number of nitrogens with two attached hydrogens (primary N) is 1. The first-order valence-electron chi connectivity index (χ1n) is 6.83. The van der Waals surface area contributed by atoms with Crippen molar-refractivity contribution in [2.75, 3.05) is 7.11 Å². The summed E-state index contributed by atoms with van der Waals surface area (Å²) in [7, 11) is 1.64. The first kappa shape index (κ1) is 16.5. The Kier molecular flexibility index (Phi) is 5.17. The van der Waals surface area contributed by atoms with Crippen molar-refractivity contribution >= 4 is 5.97 Å². The molecule has 4 nitrogen and oxygen atoms in total. The summed E-state index contributed by atoms with van der Waals surface area (Å²) in [6, 6.07) is 3.75. The van der Waals surface area contributed by atoms with Crippen LogP contribution >= 0.6 is 0 Å². The average Bonchev–Trinajstić information content (AvgIpc) is 2.33. The first-order valence-corrected chi connectivity index (χ1v) is 6.83. The van der Waals surface area contributed by atoms with Gasteiger partial charge in [-0.1, -0.05) is 32.9 Å². The van der Waals surface area contributed by atoms with Crippen LogP contribution in [0, 0.1) is 6.92 Å². The van der Waals surface area contributed by atoms with Crippen molar-refractivity contribution in [1.29, 1.82) is 0 Å². The number of benzene rings is 1. The third-order valence-electron chi connectivity index (χ3n) is 3.47. The second-order valence-electron chi connectivity index (χ2n) is 6.17. The molecule has 112 valence electrons. The number of carboxylic acid groups (broad SMARTS) is 1. The molecule has 1 atom stereocenters. The Labute approximate surface area is 120 Å². The highest BCUT2D eigenvalue weighted by Gasteiger charge is 2.24. The highest BCUT2D eigenvalue weighted by Crippen LogP contribution is 2.38. The van der Waals surface area contributed by atoms with Gasteiger partial charge in [-0.3, -0.25) is 4.79 Å². The van der Waals surface area contributed by atoms with E-state index in [-0.39, 0.29) is 17.9 Å². The van der Waals surface area contributed by atoms with E-state index in [1.165, 1.54) is 0 Å². The SMILES string of the molecule is COc1c(C(C)(C)C)ccc(C)c1C(N)CCC(=O)O. The molecule has 0 fully saturated rings. The zero-order valence-corrected chi connectivity index (χ0v) is 13.0. The second kappa shape index (κ2) is 6.27. The molecule has 4 heteroatoms. The quantitative estimate of drug-likeness (QED) is 0.868. The molecule has 1 unspecified atom stereocenters. The number of methoxy groups -OCH3 is 1. The van der Waals surface area contributed by atoms with Gasteiger partial charge in [-0.2, -0.15) is 0 Å². The van der Waals surface area contributed by atoms with Crippen molar-refractivity contribution in [2.24, 2.45) is 5.73 Å². The van der Waals surface area contributed by atoms with Crippen molar-refractivity contribution < 1.29 is 14.6 Å². The molecule has 0 radical (unpaired) electrons. The lowest BCUT2D eigenvalue weighted by molar-refractivity contribution is -0.137. The van der Waals surface area contributed by atoms with E-state index in [2.05, 4.69) is 26.8 Å². The van der Waals surface area contributed by atoms with Crippen LogP contribution in [0.1, 0.15) is 56.3 Å². The fourth-order valence-corrected chi connectivity index (χ4v) is 2.39. The van der Waals surface area contributed by atoms with Gasteiger partial charge in [0.1, 0.15) is 5.75 Å². The van der Waals surface area contributed by atoms with E-state index in [0.717, 1.165) is 22.4 Å². The van der Waals surface area contributed by atoms with E-state index >= 15 is 0 Å². The smallest absolute Gasteiger partial charge is 0.303 e. The fourth-order valence-electron chi connectivity index (χ4n) is 2.39. The zero-order chi connectivity index (χ0) is 15.5. The van der Waals surface area contributed by atoms with Crippen molar-refractivity contribution in [2.45, 2.75) is 52.0 Å². The van der Waals surface area contributed by atoms with Crippen LogP contribution in [0.2, 0.25) is 0 Å². The summed E-state index contributed by atoms with van der Waals surface area (Å²) in [6.45, 7) is 8.33. The number of carboxylic acids is 1. The van der Waals surface area contributed by atoms with E-state index in [4.69, 9.17) is 15.6 Å². The molecule has 0 aliphatic rings. The van der Waals surface area contributed by atoms with E-state index in [0.29, 0.717) is 6.42 Å². The molecule has 1 aromatic carbocycles. The van der Waals surface area contributed by atoms with Gasteiger partial charge in [0.25, 0.3) is 0 Å². The van der Waals surface area contributed by atoms with Crippen molar-refractivity contribution in [1.82, 2.24) is 0 Å². The Balaban J connectivity index is 3.26. The monoisotopic (exact) mass is 279 g/mol. The summed E-state index contributed by atoms with van der Waals surface area (Å²) < 4.78 is 5.58. The molecule has 0 saturated heterocycles. The van der Waals surface area contributed by atoms with Gasteiger partial charge in [-0.05, 0) is 29.9 Å². The predicted octanol–water partition coefficient (Wildman–Crippen LogP) is 3.17. The van der Waals surface area contributed by atoms with Crippen LogP contribution in [0.15, 0.2) is 12.1 Å². The van der Waals surface area contributed by atoms with Gasteiger partial charge in [0.15, 0.2) is 0 Å². The fraction of sp³-hybridized carbons (Fsp3) is 0.562. The van der Waals surface area contributed by atoms with E-state index in [9.17, 15) is 4.79 Å². The summed E-state index contributed by atoms with van der Waals surface area (Å²) in [5, 5.41) is 8.80. The van der Waals surface area contributed by atoms with Gasteiger partial charge in [-0.25, -0.2) is 0 Å². The lowest BCUT2D eigenvalue weighted by Gasteiger charge is -2.27.